The topological polar surface area (TPSA) is 61.4 Å². The molecule has 0 bridgehead atoms. The first-order valence-corrected chi connectivity index (χ1v) is 7.01. The summed E-state index contributed by atoms with van der Waals surface area (Å²) in [6, 6.07) is 0.297. The minimum absolute atomic E-state index is 0.109. The van der Waals surface area contributed by atoms with Crippen LogP contribution in [0.2, 0.25) is 0 Å². The molecule has 1 heterocycles. The van der Waals surface area contributed by atoms with Crippen molar-refractivity contribution >= 4 is 10.2 Å². The van der Waals surface area contributed by atoms with Gasteiger partial charge in [-0.3, -0.25) is 0 Å². The second-order valence-corrected chi connectivity index (χ2v) is 6.07. The zero-order valence-electron chi connectivity index (χ0n) is 9.07. The molecule has 2 N–H and O–H groups in total. The molecule has 2 aliphatic rings. The van der Waals surface area contributed by atoms with Crippen LogP contribution in [0.5, 0.6) is 0 Å². The Hall–Kier alpha value is -0.170. The normalized spacial score (nSPS) is 25.7. The van der Waals surface area contributed by atoms with Gasteiger partial charge in [0.05, 0.1) is 0 Å². The fourth-order valence-corrected chi connectivity index (χ4v) is 3.22. The van der Waals surface area contributed by atoms with Crippen LogP contribution >= 0.6 is 0 Å². The molecule has 0 atom stereocenters. The Morgan fingerprint density at radius 2 is 1.47 bits per heavy atom. The first-order chi connectivity index (χ1) is 7.05. The van der Waals surface area contributed by atoms with Gasteiger partial charge in [-0.15, -0.1) is 0 Å². The monoisotopic (exact) mass is 233 g/mol. The molecule has 2 fully saturated rings. The fourth-order valence-electron chi connectivity index (χ4n) is 1.80. The van der Waals surface area contributed by atoms with Gasteiger partial charge in [0.2, 0.25) is 0 Å². The van der Waals surface area contributed by atoms with E-state index in [1.54, 1.807) is 0 Å². The van der Waals surface area contributed by atoms with Crippen molar-refractivity contribution in [2.45, 2.75) is 37.8 Å². The third kappa shape index (κ3) is 3.71. The minimum Gasteiger partial charge on any atom is -0.306 e. The van der Waals surface area contributed by atoms with Crippen molar-refractivity contribution in [3.8, 4) is 0 Å². The summed E-state index contributed by atoms with van der Waals surface area (Å²) in [5, 5.41) is 0. The minimum atomic E-state index is -3.25. The summed E-state index contributed by atoms with van der Waals surface area (Å²) < 4.78 is 28.5. The summed E-state index contributed by atoms with van der Waals surface area (Å²) in [6.45, 7) is 1.94. The Labute approximate surface area is 91.4 Å². The van der Waals surface area contributed by atoms with Crippen molar-refractivity contribution in [1.82, 2.24) is 14.3 Å². The Kier molecular flexibility index (Phi) is 3.30. The van der Waals surface area contributed by atoms with E-state index in [-0.39, 0.29) is 12.1 Å². The van der Waals surface area contributed by atoms with Crippen LogP contribution in [0, 0.1) is 0 Å². The van der Waals surface area contributed by atoms with Gasteiger partial charge in [-0.05, 0) is 45.8 Å². The maximum atomic E-state index is 11.6. The predicted molar refractivity (Wildman–Crippen MR) is 58.7 cm³/mol. The summed E-state index contributed by atoms with van der Waals surface area (Å²) >= 11 is 0. The molecule has 0 unspecified atom stereocenters. The van der Waals surface area contributed by atoms with Crippen molar-refractivity contribution in [3.05, 3.63) is 0 Å². The van der Waals surface area contributed by atoms with Crippen molar-refractivity contribution in [2.75, 3.05) is 20.1 Å². The van der Waals surface area contributed by atoms with E-state index in [0.717, 1.165) is 38.8 Å². The Balaban J connectivity index is 1.79. The number of nitrogens with zero attached hydrogens (tertiary/aromatic N) is 1. The van der Waals surface area contributed by atoms with Crippen molar-refractivity contribution in [2.24, 2.45) is 0 Å². The average Bonchev–Trinajstić information content (AvgIpc) is 2.91. The first kappa shape index (κ1) is 11.3. The van der Waals surface area contributed by atoms with Gasteiger partial charge in [0, 0.05) is 12.1 Å². The second-order valence-electron chi connectivity index (χ2n) is 4.59. The fraction of sp³-hybridized carbons (Fsp3) is 1.00. The van der Waals surface area contributed by atoms with E-state index in [4.69, 9.17) is 0 Å². The quantitative estimate of drug-likeness (QED) is 0.699. The number of piperidine rings is 1. The maximum absolute atomic E-state index is 11.6. The summed E-state index contributed by atoms with van der Waals surface area (Å²) in [6.07, 6.45) is 3.77. The molecule has 5 nitrogen and oxygen atoms in total. The lowest BCUT2D eigenvalue weighted by molar-refractivity contribution is 0.247. The second kappa shape index (κ2) is 4.37. The molecule has 1 aliphatic carbocycles. The van der Waals surface area contributed by atoms with Gasteiger partial charge in [-0.25, -0.2) is 0 Å². The molecule has 15 heavy (non-hydrogen) atoms. The Bertz CT molecular complexity index is 305. The third-order valence-corrected chi connectivity index (χ3v) is 4.23. The summed E-state index contributed by atoms with van der Waals surface area (Å²) in [7, 11) is -1.19. The standard InChI is InChI=1S/C9H19N3O2S/c1-12-6-4-9(5-7-12)11-15(13,14)10-8-2-3-8/h8-11H,2-7H2,1H3. The highest BCUT2D eigenvalue weighted by atomic mass is 32.2. The van der Waals surface area contributed by atoms with Gasteiger partial charge in [0.15, 0.2) is 0 Å². The highest BCUT2D eigenvalue weighted by molar-refractivity contribution is 7.87. The molecule has 0 aromatic rings. The van der Waals surface area contributed by atoms with E-state index in [9.17, 15) is 8.42 Å². The molecule has 1 aliphatic heterocycles. The molecule has 0 spiro atoms. The summed E-state index contributed by atoms with van der Waals surface area (Å²) in [4.78, 5) is 2.22. The zero-order valence-corrected chi connectivity index (χ0v) is 9.89. The van der Waals surface area contributed by atoms with Gasteiger partial charge in [-0.1, -0.05) is 0 Å². The van der Waals surface area contributed by atoms with Gasteiger partial charge in [0.25, 0.3) is 10.2 Å². The number of likely N-dealkylation sites (tertiary alicyclic amines) is 1. The predicted octanol–water partition coefficient (Wildman–Crippen LogP) is -0.333. The molecule has 0 amide bonds. The van der Waals surface area contributed by atoms with E-state index < -0.39 is 10.2 Å². The Morgan fingerprint density at radius 3 is 1.93 bits per heavy atom. The molecule has 2 rings (SSSR count). The van der Waals surface area contributed by atoms with Crippen LogP contribution in [-0.2, 0) is 10.2 Å². The molecule has 0 aromatic heterocycles. The van der Waals surface area contributed by atoms with Crippen molar-refractivity contribution < 1.29 is 8.42 Å². The lowest BCUT2D eigenvalue weighted by Crippen LogP contribution is -2.47. The smallest absolute Gasteiger partial charge is 0.277 e. The van der Waals surface area contributed by atoms with Crippen LogP contribution < -0.4 is 9.44 Å². The van der Waals surface area contributed by atoms with Crippen LogP contribution in [0.25, 0.3) is 0 Å². The number of hydrogen-bond acceptors (Lipinski definition) is 3. The molecule has 1 saturated heterocycles. The van der Waals surface area contributed by atoms with Crippen molar-refractivity contribution in [1.29, 1.82) is 0 Å². The van der Waals surface area contributed by atoms with Gasteiger partial charge >= 0.3 is 0 Å². The van der Waals surface area contributed by atoms with Crippen LogP contribution in [-0.4, -0.2) is 45.5 Å². The lowest BCUT2D eigenvalue weighted by Gasteiger charge is -2.29. The van der Waals surface area contributed by atoms with E-state index in [2.05, 4.69) is 21.4 Å². The summed E-state index contributed by atoms with van der Waals surface area (Å²) in [5.41, 5.74) is 0. The van der Waals surface area contributed by atoms with Gasteiger partial charge < -0.3 is 4.90 Å². The van der Waals surface area contributed by atoms with Crippen LogP contribution in [0.1, 0.15) is 25.7 Å². The molecule has 6 heteroatoms. The van der Waals surface area contributed by atoms with E-state index >= 15 is 0 Å². The third-order valence-electron chi connectivity index (χ3n) is 2.94. The highest BCUT2D eigenvalue weighted by Crippen LogP contribution is 2.19. The zero-order chi connectivity index (χ0) is 10.9. The lowest BCUT2D eigenvalue weighted by atomic mass is 10.1. The first-order valence-electron chi connectivity index (χ1n) is 5.53. The Morgan fingerprint density at radius 1 is 1.00 bits per heavy atom. The molecular formula is C9H19N3O2S. The number of hydrogen-bond donors (Lipinski definition) is 2. The highest BCUT2D eigenvalue weighted by Gasteiger charge is 2.29. The largest absolute Gasteiger partial charge is 0.306 e. The number of rotatable bonds is 4. The molecular weight excluding hydrogens is 214 g/mol. The number of nitrogens with one attached hydrogen (secondary N) is 2. The van der Waals surface area contributed by atoms with E-state index in [0.29, 0.717) is 0 Å². The molecule has 0 aromatic carbocycles. The van der Waals surface area contributed by atoms with Gasteiger partial charge in [0.1, 0.15) is 0 Å². The van der Waals surface area contributed by atoms with Crippen LogP contribution in [0.15, 0.2) is 0 Å². The van der Waals surface area contributed by atoms with Gasteiger partial charge in [-0.2, -0.15) is 17.9 Å². The molecule has 88 valence electrons. The average molecular weight is 233 g/mol. The SMILES string of the molecule is CN1CCC(NS(=O)(=O)NC2CC2)CC1. The maximum Gasteiger partial charge on any atom is 0.277 e. The van der Waals surface area contributed by atoms with Crippen LogP contribution in [0.4, 0.5) is 0 Å². The van der Waals surface area contributed by atoms with E-state index in [1.165, 1.54) is 0 Å². The molecule has 1 saturated carbocycles. The summed E-state index contributed by atoms with van der Waals surface area (Å²) in [5.74, 6) is 0. The van der Waals surface area contributed by atoms with Crippen molar-refractivity contribution in [3.63, 3.8) is 0 Å². The van der Waals surface area contributed by atoms with Crippen LogP contribution in [0.3, 0.4) is 0 Å². The molecule has 0 radical (unpaired) electrons. The van der Waals surface area contributed by atoms with E-state index in [1.807, 2.05) is 0 Å².